The molecule has 5 nitrogen and oxygen atoms in total. The van der Waals surface area contributed by atoms with Gasteiger partial charge in [0, 0.05) is 32.4 Å². The third-order valence-electron chi connectivity index (χ3n) is 3.92. The van der Waals surface area contributed by atoms with Crippen molar-refractivity contribution in [1.29, 1.82) is 0 Å². The van der Waals surface area contributed by atoms with Crippen molar-refractivity contribution in [3.8, 4) is 0 Å². The lowest BCUT2D eigenvalue weighted by Gasteiger charge is -2.32. The second-order valence-corrected chi connectivity index (χ2v) is 5.53. The van der Waals surface area contributed by atoms with Crippen molar-refractivity contribution >= 4 is 5.95 Å². The average Bonchev–Trinajstić information content (AvgIpc) is 2.92. The van der Waals surface area contributed by atoms with Crippen LogP contribution in [-0.4, -0.2) is 41.9 Å². The van der Waals surface area contributed by atoms with Crippen molar-refractivity contribution in [3.05, 3.63) is 24.5 Å². The van der Waals surface area contributed by atoms with Crippen LogP contribution in [0.2, 0.25) is 0 Å². The van der Waals surface area contributed by atoms with E-state index in [2.05, 4.69) is 29.2 Å². The van der Waals surface area contributed by atoms with Gasteiger partial charge in [0.2, 0.25) is 5.95 Å². The second-order valence-electron chi connectivity index (χ2n) is 5.53. The monoisotopic (exact) mass is 292 g/mol. The van der Waals surface area contributed by atoms with E-state index in [0.717, 1.165) is 63.6 Å². The molecule has 2 rings (SSSR count). The van der Waals surface area contributed by atoms with E-state index in [1.54, 1.807) is 0 Å². The largest absolute Gasteiger partial charge is 0.378 e. The van der Waals surface area contributed by atoms with Crippen LogP contribution in [0.3, 0.4) is 0 Å². The van der Waals surface area contributed by atoms with E-state index in [1.807, 2.05) is 6.08 Å². The SMILES string of the molecule is C=CCn1cc(CC)nc1N1CCC(OCCCN)CC1. The van der Waals surface area contributed by atoms with Crippen molar-refractivity contribution in [2.24, 2.45) is 5.73 Å². The number of aromatic nitrogens is 2. The zero-order chi connectivity index (χ0) is 15.1. The Bertz CT molecular complexity index is 435. The molecule has 0 saturated carbocycles. The molecule has 0 amide bonds. The Morgan fingerprint density at radius 1 is 1.48 bits per heavy atom. The highest BCUT2D eigenvalue weighted by Crippen LogP contribution is 2.21. The van der Waals surface area contributed by atoms with Crippen LogP contribution in [0.5, 0.6) is 0 Å². The summed E-state index contributed by atoms with van der Waals surface area (Å²) in [7, 11) is 0. The molecule has 0 bridgehead atoms. The maximum atomic E-state index is 5.86. The molecule has 0 aromatic carbocycles. The number of piperidine rings is 1. The predicted molar refractivity (Wildman–Crippen MR) is 86.7 cm³/mol. The molecule has 1 fully saturated rings. The van der Waals surface area contributed by atoms with Crippen LogP contribution in [0.4, 0.5) is 5.95 Å². The number of nitrogens with zero attached hydrogens (tertiary/aromatic N) is 3. The van der Waals surface area contributed by atoms with Gasteiger partial charge in [0.05, 0.1) is 11.8 Å². The summed E-state index contributed by atoms with van der Waals surface area (Å²) in [6.07, 6.45) is 8.48. The first-order chi connectivity index (χ1) is 10.3. The molecule has 1 aromatic rings. The number of hydrogen-bond acceptors (Lipinski definition) is 4. The van der Waals surface area contributed by atoms with E-state index in [-0.39, 0.29) is 0 Å². The lowest BCUT2D eigenvalue weighted by molar-refractivity contribution is 0.0364. The highest BCUT2D eigenvalue weighted by atomic mass is 16.5. The molecular weight excluding hydrogens is 264 g/mol. The topological polar surface area (TPSA) is 56.3 Å². The molecule has 2 N–H and O–H groups in total. The second kappa shape index (κ2) is 8.20. The van der Waals surface area contributed by atoms with Crippen molar-refractivity contribution < 1.29 is 4.74 Å². The van der Waals surface area contributed by atoms with Crippen molar-refractivity contribution in [1.82, 2.24) is 9.55 Å². The molecule has 0 spiro atoms. The smallest absolute Gasteiger partial charge is 0.206 e. The maximum absolute atomic E-state index is 5.86. The van der Waals surface area contributed by atoms with Gasteiger partial charge in [-0.05, 0) is 32.2 Å². The van der Waals surface area contributed by atoms with Crippen LogP contribution >= 0.6 is 0 Å². The molecule has 2 heterocycles. The Labute approximate surface area is 127 Å². The van der Waals surface area contributed by atoms with Gasteiger partial charge in [0.25, 0.3) is 0 Å². The minimum atomic E-state index is 0.376. The van der Waals surface area contributed by atoms with E-state index in [4.69, 9.17) is 15.5 Å². The summed E-state index contributed by atoms with van der Waals surface area (Å²) in [6.45, 7) is 10.3. The Hall–Kier alpha value is -1.33. The molecule has 1 aliphatic heterocycles. The van der Waals surface area contributed by atoms with Crippen molar-refractivity contribution in [2.45, 2.75) is 45.3 Å². The van der Waals surface area contributed by atoms with Crippen LogP contribution in [0.1, 0.15) is 31.9 Å². The number of anilines is 1. The van der Waals surface area contributed by atoms with E-state index >= 15 is 0 Å². The summed E-state index contributed by atoms with van der Waals surface area (Å²) in [5.74, 6) is 1.08. The van der Waals surface area contributed by atoms with Gasteiger partial charge in [-0.15, -0.1) is 6.58 Å². The molecule has 5 heteroatoms. The molecule has 0 aliphatic carbocycles. The first-order valence-electron chi connectivity index (χ1n) is 8.02. The van der Waals surface area contributed by atoms with Crippen LogP contribution in [0.15, 0.2) is 18.9 Å². The van der Waals surface area contributed by atoms with Gasteiger partial charge in [-0.2, -0.15) is 0 Å². The number of allylic oxidation sites excluding steroid dienone is 1. The summed E-state index contributed by atoms with van der Waals surface area (Å²) < 4.78 is 8.06. The minimum Gasteiger partial charge on any atom is -0.378 e. The summed E-state index contributed by atoms with van der Waals surface area (Å²) in [6, 6.07) is 0. The first-order valence-corrected chi connectivity index (χ1v) is 8.02. The quantitative estimate of drug-likeness (QED) is 0.588. The lowest BCUT2D eigenvalue weighted by Crippen LogP contribution is -2.38. The van der Waals surface area contributed by atoms with Crippen molar-refractivity contribution in [3.63, 3.8) is 0 Å². The van der Waals surface area contributed by atoms with E-state index in [1.165, 1.54) is 0 Å². The lowest BCUT2D eigenvalue weighted by atomic mass is 10.1. The van der Waals surface area contributed by atoms with Gasteiger partial charge in [-0.3, -0.25) is 0 Å². The van der Waals surface area contributed by atoms with Gasteiger partial charge in [-0.25, -0.2) is 4.98 Å². The Balaban J connectivity index is 1.92. The summed E-state index contributed by atoms with van der Waals surface area (Å²) in [5, 5.41) is 0. The Morgan fingerprint density at radius 2 is 2.24 bits per heavy atom. The third-order valence-corrected chi connectivity index (χ3v) is 3.92. The summed E-state index contributed by atoms with van der Waals surface area (Å²) in [5.41, 5.74) is 6.64. The Kier molecular flexibility index (Phi) is 6.26. The number of rotatable bonds is 8. The first kappa shape index (κ1) is 16.0. The molecule has 0 unspecified atom stereocenters. The molecule has 0 atom stereocenters. The predicted octanol–water partition coefficient (Wildman–Crippen LogP) is 1.97. The number of ether oxygens (including phenoxy) is 1. The fourth-order valence-electron chi connectivity index (χ4n) is 2.71. The van der Waals surface area contributed by atoms with Gasteiger partial charge < -0.3 is 19.9 Å². The molecule has 118 valence electrons. The molecule has 0 radical (unpaired) electrons. The van der Waals surface area contributed by atoms with Crippen molar-refractivity contribution in [2.75, 3.05) is 31.1 Å². The highest BCUT2D eigenvalue weighted by molar-refractivity contribution is 5.34. The van der Waals surface area contributed by atoms with E-state index in [0.29, 0.717) is 12.6 Å². The van der Waals surface area contributed by atoms with Crippen LogP contribution in [0.25, 0.3) is 0 Å². The van der Waals surface area contributed by atoms with Crippen LogP contribution in [-0.2, 0) is 17.7 Å². The normalized spacial score (nSPS) is 16.4. The fourth-order valence-corrected chi connectivity index (χ4v) is 2.71. The standard InChI is InChI=1S/C16H28N4O/c1-3-9-20-13-14(4-2)18-16(20)19-10-6-15(7-11-19)21-12-5-8-17/h3,13,15H,1,4-12,17H2,2H3. The summed E-state index contributed by atoms with van der Waals surface area (Å²) in [4.78, 5) is 7.12. The minimum absolute atomic E-state index is 0.376. The van der Waals surface area contributed by atoms with Crippen LogP contribution in [0, 0.1) is 0 Å². The fraction of sp³-hybridized carbons (Fsp3) is 0.688. The van der Waals surface area contributed by atoms with E-state index in [9.17, 15) is 0 Å². The highest BCUT2D eigenvalue weighted by Gasteiger charge is 2.22. The molecule has 1 aliphatic rings. The third kappa shape index (κ3) is 4.32. The van der Waals surface area contributed by atoms with Gasteiger partial charge in [0.15, 0.2) is 0 Å². The number of imidazole rings is 1. The maximum Gasteiger partial charge on any atom is 0.206 e. The zero-order valence-corrected chi connectivity index (χ0v) is 13.1. The molecular formula is C16H28N4O. The molecule has 21 heavy (non-hydrogen) atoms. The van der Waals surface area contributed by atoms with Gasteiger partial charge in [0.1, 0.15) is 0 Å². The molecule has 1 saturated heterocycles. The van der Waals surface area contributed by atoms with Gasteiger partial charge in [-0.1, -0.05) is 13.0 Å². The number of hydrogen-bond donors (Lipinski definition) is 1. The van der Waals surface area contributed by atoms with Crippen LogP contribution < -0.4 is 10.6 Å². The average molecular weight is 292 g/mol. The molecule has 1 aromatic heterocycles. The van der Waals surface area contributed by atoms with E-state index < -0.39 is 0 Å². The summed E-state index contributed by atoms with van der Waals surface area (Å²) >= 11 is 0. The number of aryl methyl sites for hydroxylation is 1. The number of nitrogens with two attached hydrogens (primary N) is 1. The van der Waals surface area contributed by atoms with Gasteiger partial charge >= 0.3 is 0 Å². The zero-order valence-electron chi connectivity index (χ0n) is 13.1. The Morgan fingerprint density at radius 3 is 2.86 bits per heavy atom.